The largest absolute Gasteiger partial charge is 0.477 e. The maximum Gasteiger partial charge on any atom is 0.345 e. The van der Waals surface area contributed by atoms with Gasteiger partial charge < -0.3 is 15.7 Å². The van der Waals surface area contributed by atoms with Gasteiger partial charge in [0.15, 0.2) is 0 Å². The third-order valence-electron chi connectivity index (χ3n) is 6.68. The van der Waals surface area contributed by atoms with Gasteiger partial charge in [-0.15, -0.1) is 11.3 Å². The summed E-state index contributed by atoms with van der Waals surface area (Å²) in [7, 11) is 0. The van der Waals surface area contributed by atoms with Gasteiger partial charge >= 0.3 is 5.97 Å². The van der Waals surface area contributed by atoms with Crippen LogP contribution in [0.25, 0.3) is 11.1 Å². The molecule has 154 valence electrons. The maximum absolute atomic E-state index is 14.7. The van der Waals surface area contributed by atoms with Crippen molar-refractivity contribution in [2.45, 2.75) is 37.4 Å². The van der Waals surface area contributed by atoms with E-state index < -0.39 is 17.8 Å². The van der Waals surface area contributed by atoms with Gasteiger partial charge in [0, 0.05) is 12.5 Å². The Morgan fingerprint density at radius 3 is 2.73 bits per heavy atom. The van der Waals surface area contributed by atoms with Crippen LogP contribution in [0, 0.1) is 34.9 Å². The number of amides is 1. The van der Waals surface area contributed by atoms with Crippen LogP contribution in [-0.2, 0) is 11.2 Å². The predicted molar refractivity (Wildman–Crippen MR) is 108 cm³/mol. The molecule has 2 heterocycles. The molecule has 0 radical (unpaired) electrons. The first-order chi connectivity index (χ1) is 14.4. The number of carbonyl (C=O) groups is 2. The summed E-state index contributed by atoms with van der Waals surface area (Å²) in [5.41, 5.74) is 1.54. The Kier molecular flexibility index (Phi) is 4.60. The number of halogens is 1. The van der Waals surface area contributed by atoms with Crippen LogP contribution in [0.4, 0.5) is 4.39 Å². The molecule has 1 aromatic heterocycles. The number of nitrogens with one attached hydrogen (secondary N) is 2. The van der Waals surface area contributed by atoms with Gasteiger partial charge in [-0.3, -0.25) is 4.79 Å². The van der Waals surface area contributed by atoms with Crippen molar-refractivity contribution < 1.29 is 19.1 Å². The first-order valence-electron chi connectivity index (χ1n) is 10.0. The lowest BCUT2D eigenvalue weighted by molar-refractivity contribution is -0.124. The minimum atomic E-state index is -1.02. The number of benzene rings is 1. The van der Waals surface area contributed by atoms with Gasteiger partial charge in [0.25, 0.3) is 0 Å². The van der Waals surface area contributed by atoms with Crippen LogP contribution in [0.2, 0.25) is 0 Å². The molecule has 0 unspecified atom stereocenters. The molecule has 1 aromatic carbocycles. The molecule has 30 heavy (non-hydrogen) atoms. The highest BCUT2D eigenvalue weighted by Crippen LogP contribution is 2.59. The number of carboxylic acid groups (broad SMARTS) is 1. The first kappa shape index (κ1) is 19.2. The molecule has 2 aliphatic carbocycles. The highest BCUT2D eigenvalue weighted by Gasteiger charge is 2.62. The normalized spacial score (nSPS) is 29.1. The van der Waals surface area contributed by atoms with Crippen LogP contribution in [0.5, 0.6) is 0 Å². The van der Waals surface area contributed by atoms with Crippen LogP contribution in [0.15, 0.2) is 29.6 Å². The van der Waals surface area contributed by atoms with Crippen molar-refractivity contribution in [3.63, 3.8) is 0 Å². The van der Waals surface area contributed by atoms with Gasteiger partial charge in [-0.25, -0.2) is 9.18 Å². The number of fused-ring (bicyclic) bond motifs is 5. The highest BCUT2D eigenvalue weighted by atomic mass is 32.1. The number of rotatable bonds is 6. The zero-order chi connectivity index (χ0) is 21.0. The van der Waals surface area contributed by atoms with E-state index in [0.717, 1.165) is 23.7 Å². The second kappa shape index (κ2) is 7.18. The summed E-state index contributed by atoms with van der Waals surface area (Å²) in [6.45, 7) is 0. The van der Waals surface area contributed by atoms with Crippen LogP contribution in [0.3, 0.4) is 0 Å². The molecule has 6 nitrogen and oxygen atoms in total. The molecule has 3 aliphatic rings. The van der Waals surface area contributed by atoms with E-state index in [0.29, 0.717) is 34.6 Å². The molecule has 0 spiro atoms. The van der Waals surface area contributed by atoms with Gasteiger partial charge in [-0.1, -0.05) is 12.1 Å². The van der Waals surface area contributed by atoms with E-state index in [4.69, 9.17) is 5.11 Å². The average Bonchev–Trinajstić information content (AvgIpc) is 3.09. The summed E-state index contributed by atoms with van der Waals surface area (Å²) in [5, 5.41) is 26.4. The molecule has 8 heteroatoms. The molecule has 2 bridgehead atoms. The lowest BCUT2D eigenvalue weighted by Gasteiger charge is -2.23. The van der Waals surface area contributed by atoms with Crippen molar-refractivity contribution in [3.8, 4) is 17.2 Å². The predicted octanol–water partition coefficient (Wildman–Crippen LogP) is 2.80. The number of carbonyl (C=O) groups excluding carboxylic acids is 1. The molecular formula is C22H20FN3O3S. The Labute approximate surface area is 176 Å². The van der Waals surface area contributed by atoms with Crippen LogP contribution in [0.1, 0.15) is 28.1 Å². The fraction of sp³-hybridized carbons (Fsp3) is 0.409. The van der Waals surface area contributed by atoms with Gasteiger partial charge in [0.1, 0.15) is 16.7 Å². The Hall–Kier alpha value is -2.76. The second-order valence-electron chi connectivity index (χ2n) is 8.42. The molecule has 1 amide bonds. The molecule has 5 rings (SSSR count). The quantitative estimate of drug-likeness (QED) is 0.661. The fourth-order valence-electron chi connectivity index (χ4n) is 5.14. The second-order valence-corrected chi connectivity index (χ2v) is 9.33. The van der Waals surface area contributed by atoms with Crippen LogP contribution >= 0.6 is 11.3 Å². The standard InChI is InChI=1S/C22H20FN3O3S/c23-17-4-10(12-5-19(22(28)29)30-9-12)1-2-11(17)3-13(8-24)25-21(27)20-16-7-18(26-20)15-6-14(15)16/h1-2,4-5,9,13-16,18,20,26H,3,6-7H2,(H,25,27)(H,28,29)/t13-,14+,15-,16+,18-,20-/m0/s1. The number of thiophene rings is 1. The van der Waals surface area contributed by atoms with Gasteiger partial charge in [0.05, 0.1) is 12.1 Å². The van der Waals surface area contributed by atoms with Crippen molar-refractivity contribution in [2.75, 3.05) is 0 Å². The van der Waals surface area contributed by atoms with Crippen molar-refractivity contribution in [1.82, 2.24) is 10.6 Å². The van der Waals surface area contributed by atoms with Crippen molar-refractivity contribution in [1.29, 1.82) is 5.26 Å². The van der Waals surface area contributed by atoms with Gasteiger partial charge in [0.2, 0.25) is 5.91 Å². The summed E-state index contributed by atoms with van der Waals surface area (Å²) < 4.78 is 14.7. The minimum absolute atomic E-state index is 0.0746. The number of carboxylic acids is 1. The third kappa shape index (κ3) is 3.28. The van der Waals surface area contributed by atoms with E-state index in [1.165, 1.54) is 18.6 Å². The number of hydrogen-bond acceptors (Lipinski definition) is 5. The Balaban J connectivity index is 1.25. The Morgan fingerprint density at radius 1 is 1.27 bits per heavy atom. The monoisotopic (exact) mass is 425 g/mol. The zero-order valence-electron chi connectivity index (χ0n) is 16.0. The zero-order valence-corrected chi connectivity index (χ0v) is 16.8. The van der Waals surface area contributed by atoms with Crippen molar-refractivity contribution in [3.05, 3.63) is 45.9 Å². The van der Waals surface area contributed by atoms with E-state index in [9.17, 15) is 19.2 Å². The highest BCUT2D eigenvalue weighted by molar-refractivity contribution is 7.12. The molecule has 3 fully saturated rings. The van der Waals surface area contributed by atoms with Crippen LogP contribution in [-0.4, -0.2) is 35.1 Å². The van der Waals surface area contributed by atoms with Gasteiger partial charge in [-0.2, -0.15) is 5.26 Å². The molecule has 3 N–H and O–H groups in total. The summed E-state index contributed by atoms with van der Waals surface area (Å²) in [6, 6.07) is 7.57. The smallest absolute Gasteiger partial charge is 0.345 e. The summed E-state index contributed by atoms with van der Waals surface area (Å²) in [5.74, 6) is 0.0686. The lowest BCUT2D eigenvalue weighted by Crippen LogP contribution is -2.51. The topological polar surface area (TPSA) is 102 Å². The fourth-order valence-corrected chi connectivity index (χ4v) is 5.89. The van der Waals surface area contributed by atoms with Crippen molar-refractivity contribution in [2.24, 2.45) is 17.8 Å². The summed E-state index contributed by atoms with van der Waals surface area (Å²) in [6.07, 6.45) is 2.31. The molecular weight excluding hydrogens is 405 g/mol. The number of piperidine rings is 1. The summed E-state index contributed by atoms with van der Waals surface area (Å²) >= 11 is 1.09. The summed E-state index contributed by atoms with van der Waals surface area (Å²) in [4.78, 5) is 23.9. The number of aromatic carboxylic acids is 1. The van der Waals surface area contributed by atoms with Crippen LogP contribution < -0.4 is 10.6 Å². The lowest BCUT2D eigenvalue weighted by atomic mass is 9.96. The Morgan fingerprint density at radius 2 is 2.10 bits per heavy atom. The maximum atomic E-state index is 14.7. The molecule has 2 saturated carbocycles. The van der Waals surface area contributed by atoms with E-state index >= 15 is 0 Å². The average molecular weight is 425 g/mol. The third-order valence-corrected chi connectivity index (χ3v) is 7.60. The Bertz CT molecular complexity index is 1080. The molecule has 2 aromatic rings. The minimum Gasteiger partial charge on any atom is -0.477 e. The first-order valence-corrected chi connectivity index (χ1v) is 10.9. The van der Waals surface area contributed by atoms with E-state index in [1.807, 2.05) is 0 Å². The number of hydrogen-bond donors (Lipinski definition) is 3. The molecule has 1 saturated heterocycles. The number of nitriles is 1. The molecule has 6 atom stereocenters. The van der Waals surface area contributed by atoms with E-state index in [1.54, 1.807) is 17.5 Å². The van der Waals surface area contributed by atoms with Crippen molar-refractivity contribution >= 4 is 23.2 Å². The van der Waals surface area contributed by atoms with E-state index in [-0.39, 0.29) is 23.2 Å². The van der Waals surface area contributed by atoms with E-state index in [2.05, 4.69) is 16.7 Å². The molecule has 1 aliphatic heterocycles. The van der Waals surface area contributed by atoms with Gasteiger partial charge in [-0.05, 0) is 64.8 Å². The SMILES string of the molecule is N#C[C@H](Cc1ccc(-c2csc(C(=O)O)c2)cc1F)NC(=O)[C@H]1N[C@H]2C[C@@H]1[C@@H]1C[C@@H]12. The number of nitrogens with zero attached hydrogens (tertiary/aromatic N) is 1.